The number of hydrogen-bond acceptors (Lipinski definition) is 3. The van der Waals surface area contributed by atoms with Gasteiger partial charge in [-0.05, 0) is 26.7 Å². The maximum Gasteiger partial charge on any atom is 0.323 e. The van der Waals surface area contributed by atoms with Crippen LogP contribution >= 0.6 is 12.4 Å². The first kappa shape index (κ1) is 17.3. The second-order valence-electron chi connectivity index (χ2n) is 3.71. The van der Waals surface area contributed by atoms with Crippen molar-refractivity contribution in [2.75, 3.05) is 6.54 Å². The van der Waals surface area contributed by atoms with Crippen molar-refractivity contribution in [3.05, 3.63) is 12.2 Å². The van der Waals surface area contributed by atoms with Gasteiger partial charge in [0.15, 0.2) is 0 Å². The maximum atomic E-state index is 10.6. The van der Waals surface area contributed by atoms with Gasteiger partial charge in [0, 0.05) is 0 Å². The van der Waals surface area contributed by atoms with Crippen LogP contribution in [0.4, 0.5) is 0 Å². The molecular formula is C10H20ClN3O2. The smallest absolute Gasteiger partial charge is 0.323 e. The molecule has 0 rings (SSSR count). The average molecular weight is 250 g/mol. The van der Waals surface area contributed by atoms with E-state index >= 15 is 0 Å². The molecule has 0 aromatic heterocycles. The van der Waals surface area contributed by atoms with Gasteiger partial charge in [-0.3, -0.25) is 9.79 Å². The summed E-state index contributed by atoms with van der Waals surface area (Å²) in [5, 5.41) is 8.73. The van der Waals surface area contributed by atoms with E-state index in [0.717, 1.165) is 0 Å². The molecule has 0 spiro atoms. The van der Waals surface area contributed by atoms with Crippen molar-refractivity contribution in [3.8, 4) is 0 Å². The molecule has 0 fully saturated rings. The summed E-state index contributed by atoms with van der Waals surface area (Å²) in [7, 11) is 0. The van der Waals surface area contributed by atoms with Gasteiger partial charge in [0.05, 0.1) is 12.4 Å². The summed E-state index contributed by atoms with van der Waals surface area (Å²) in [4.78, 5) is 14.6. The molecule has 0 aliphatic rings. The molecule has 94 valence electrons. The number of rotatable bonds is 6. The van der Waals surface area contributed by atoms with Crippen LogP contribution in [0.5, 0.6) is 0 Å². The summed E-state index contributed by atoms with van der Waals surface area (Å²) >= 11 is 0. The van der Waals surface area contributed by atoms with E-state index in [0.29, 0.717) is 25.2 Å². The van der Waals surface area contributed by atoms with Gasteiger partial charge in [-0.1, -0.05) is 12.2 Å². The van der Waals surface area contributed by atoms with Crippen LogP contribution in [0.2, 0.25) is 0 Å². The fourth-order valence-corrected chi connectivity index (χ4v) is 0.879. The topological polar surface area (TPSA) is 102 Å². The van der Waals surface area contributed by atoms with E-state index in [1.54, 1.807) is 6.92 Å². The predicted molar refractivity (Wildman–Crippen MR) is 68.0 cm³/mol. The molecule has 0 bridgehead atoms. The Labute approximate surface area is 102 Å². The summed E-state index contributed by atoms with van der Waals surface area (Å²) < 4.78 is 0. The van der Waals surface area contributed by atoms with Gasteiger partial charge in [0.25, 0.3) is 0 Å². The van der Waals surface area contributed by atoms with E-state index in [1.807, 2.05) is 12.2 Å². The van der Waals surface area contributed by atoms with Gasteiger partial charge in [-0.25, -0.2) is 0 Å². The Morgan fingerprint density at radius 2 is 2.06 bits per heavy atom. The number of allylic oxidation sites excluding steroid dienone is 1. The van der Waals surface area contributed by atoms with Crippen LogP contribution in [0.1, 0.15) is 26.7 Å². The molecule has 1 unspecified atom stereocenters. The Bertz CT molecular complexity index is 271. The molecule has 0 heterocycles. The Hall–Kier alpha value is -1.07. The van der Waals surface area contributed by atoms with Crippen molar-refractivity contribution >= 4 is 24.2 Å². The Kier molecular flexibility index (Phi) is 8.80. The molecule has 0 aliphatic carbocycles. The highest BCUT2D eigenvalue weighted by Gasteiger charge is 2.26. The molecule has 1 atom stereocenters. The van der Waals surface area contributed by atoms with Crippen molar-refractivity contribution < 1.29 is 9.90 Å². The van der Waals surface area contributed by atoms with Crippen molar-refractivity contribution in [1.29, 1.82) is 0 Å². The number of aliphatic carboxylic acids is 1. The second-order valence-corrected chi connectivity index (χ2v) is 3.71. The van der Waals surface area contributed by atoms with E-state index in [4.69, 9.17) is 16.6 Å². The number of halogens is 1. The molecule has 5 nitrogen and oxygen atoms in total. The zero-order valence-corrected chi connectivity index (χ0v) is 10.5. The van der Waals surface area contributed by atoms with Gasteiger partial charge in [0.2, 0.25) is 0 Å². The number of hydrogen-bond donors (Lipinski definition) is 3. The molecule has 6 heteroatoms. The second kappa shape index (κ2) is 8.13. The number of nitrogens with zero attached hydrogens (tertiary/aromatic N) is 1. The first-order valence-electron chi connectivity index (χ1n) is 4.80. The predicted octanol–water partition coefficient (Wildman–Crippen LogP) is 0.924. The summed E-state index contributed by atoms with van der Waals surface area (Å²) in [5.74, 6) is -0.444. The zero-order chi connectivity index (χ0) is 11.9. The van der Waals surface area contributed by atoms with Crippen LogP contribution in [0.15, 0.2) is 17.1 Å². The molecule has 5 N–H and O–H groups in total. The van der Waals surface area contributed by atoms with Crippen molar-refractivity contribution in [2.45, 2.75) is 32.2 Å². The quantitative estimate of drug-likeness (QED) is 0.370. The third-order valence-corrected chi connectivity index (χ3v) is 1.93. The third kappa shape index (κ3) is 8.26. The average Bonchev–Trinajstić information content (AvgIpc) is 2.10. The number of amidine groups is 1. The van der Waals surface area contributed by atoms with E-state index in [1.165, 1.54) is 6.92 Å². The van der Waals surface area contributed by atoms with Crippen LogP contribution < -0.4 is 11.5 Å². The van der Waals surface area contributed by atoms with Gasteiger partial charge in [0.1, 0.15) is 5.54 Å². The molecule has 0 saturated heterocycles. The number of carbonyl (C=O) groups is 1. The lowest BCUT2D eigenvalue weighted by Gasteiger charge is -2.17. The Balaban J connectivity index is 0. The molecule has 0 aromatic carbocycles. The molecule has 0 saturated carbocycles. The molecule has 16 heavy (non-hydrogen) atoms. The van der Waals surface area contributed by atoms with Crippen LogP contribution in [0.25, 0.3) is 0 Å². The van der Waals surface area contributed by atoms with Gasteiger partial charge in [-0.2, -0.15) is 0 Å². The molecule has 0 aliphatic heterocycles. The van der Waals surface area contributed by atoms with Gasteiger partial charge < -0.3 is 16.6 Å². The lowest BCUT2D eigenvalue weighted by Crippen LogP contribution is -2.44. The van der Waals surface area contributed by atoms with Gasteiger partial charge >= 0.3 is 5.97 Å². The largest absolute Gasteiger partial charge is 0.480 e. The zero-order valence-electron chi connectivity index (χ0n) is 9.64. The van der Waals surface area contributed by atoms with Crippen LogP contribution in [-0.2, 0) is 4.79 Å². The molecular weight excluding hydrogens is 230 g/mol. The fourth-order valence-electron chi connectivity index (χ4n) is 0.879. The molecule has 0 aromatic rings. The highest BCUT2D eigenvalue weighted by atomic mass is 35.5. The lowest BCUT2D eigenvalue weighted by molar-refractivity contribution is -0.142. The normalized spacial score (nSPS) is 15.6. The Morgan fingerprint density at radius 3 is 2.50 bits per heavy atom. The highest BCUT2D eigenvalue weighted by molar-refractivity contribution is 5.85. The summed E-state index contributed by atoms with van der Waals surface area (Å²) in [6.07, 6.45) is 4.73. The number of carboxylic acids is 1. The maximum absolute atomic E-state index is 10.6. The van der Waals surface area contributed by atoms with Crippen molar-refractivity contribution in [1.82, 2.24) is 0 Å². The minimum Gasteiger partial charge on any atom is -0.480 e. The van der Waals surface area contributed by atoms with Crippen LogP contribution in [0, 0.1) is 0 Å². The summed E-state index contributed by atoms with van der Waals surface area (Å²) in [6.45, 7) is 3.75. The van der Waals surface area contributed by atoms with Gasteiger partial charge in [-0.15, -0.1) is 12.4 Å². The standard InChI is InChI=1S/C10H19N3O2.ClH/c1-8(11)13-7-5-3-4-6-10(2,12)9(14)15;/h3,5H,4,6-7,12H2,1-2H3,(H2,11,13)(H,14,15);1H. The highest BCUT2D eigenvalue weighted by Crippen LogP contribution is 2.09. The van der Waals surface area contributed by atoms with Crippen LogP contribution in [0.3, 0.4) is 0 Å². The fraction of sp³-hybridized carbons (Fsp3) is 0.600. The minimum absolute atomic E-state index is 0. The Morgan fingerprint density at radius 1 is 1.50 bits per heavy atom. The first-order valence-corrected chi connectivity index (χ1v) is 4.80. The third-order valence-electron chi connectivity index (χ3n) is 1.93. The van der Waals surface area contributed by atoms with Crippen molar-refractivity contribution in [2.24, 2.45) is 16.5 Å². The van der Waals surface area contributed by atoms with E-state index in [-0.39, 0.29) is 12.4 Å². The summed E-state index contributed by atoms with van der Waals surface area (Å²) in [5.41, 5.74) is 9.72. The minimum atomic E-state index is -1.16. The SMILES string of the molecule is CC(N)=NCC=CCCC(C)(N)C(=O)O.Cl. The molecule has 0 amide bonds. The van der Waals surface area contributed by atoms with Crippen molar-refractivity contribution in [3.63, 3.8) is 0 Å². The van der Waals surface area contributed by atoms with E-state index in [9.17, 15) is 4.79 Å². The summed E-state index contributed by atoms with van der Waals surface area (Å²) in [6, 6.07) is 0. The molecule has 0 radical (unpaired) electrons. The lowest BCUT2D eigenvalue weighted by atomic mass is 9.97. The monoisotopic (exact) mass is 249 g/mol. The number of aliphatic imine (C=N–C) groups is 1. The first-order chi connectivity index (χ1) is 6.86. The van der Waals surface area contributed by atoms with E-state index in [2.05, 4.69) is 4.99 Å². The number of carboxylic acid groups (broad SMARTS) is 1. The van der Waals surface area contributed by atoms with Crippen LogP contribution in [-0.4, -0.2) is 29.0 Å². The van der Waals surface area contributed by atoms with E-state index < -0.39 is 11.5 Å². The number of nitrogens with two attached hydrogens (primary N) is 2.